The quantitative estimate of drug-likeness (QED) is 0.735. The summed E-state index contributed by atoms with van der Waals surface area (Å²) < 4.78 is 0. The number of aromatic amines is 1. The Balaban J connectivity index is 0.00000256. The van der Waals surface area contributed by atoms with E-state index in [-0.39, 0.29) is 29.9 Å². The molecule has 0 saturated heterocycles. The Hall–Kier alpha value is -1.33. The van der Waals surface area contributed by atoms with Gasteiger partial charge in [0.15, 0.2) is 0 Å². The average Bonchev–Trinajstić information content (AvgIpc) is 2.25. The Morgan fingerprint density at radius 3 is 2.71 bits per heavy atom. The number of amides is 1. The smallest absolute Gasteiger partial charge is 0.253 e. The highest BCUT2D eigenvalue weighted by Crippen LogP contribution is 2.01. The summed E-state index contributed by atoms with van der Waals surface area (Å²) in [6.07, 6.45) is 1.44. The van der Waals surface area contributed by atoms with Crippen molar-refractivity contribution < 1.29 is 4.79 Å². The van der Waals surface area contributed by atoms with E-state index in [2.05, 4.69) is 15.6 Å². The van der Waals surface area contributed by atoms with Gasteiger partial charge in [0, 0.05) is 24.8 Å². The molecule has 0 radical (unpaired) electrons. The lowest BCUT2D eigenvalue weighted by Gasteiger charge is -2.12. The molecule has 17 heavy (non-hydrogen) atoms. The zero-order valence-corrected chi connectivity index (χ0v) is 11.0. The molecule has 0 aliphatic carbocycles. The first-order valence-electron chi connectivity index (χ1n) is 5.19. The second-order valence-electron chi connectivity index (χ2n) is 3.79. The minimum Gasteiger partial charge on any atom is -0.350 e. The maximum absolute atomic E-state index is 11.7. The topological polar surface area (TPSA) is 74.0 Å². The predicted octanol–water partition coefficient (Wildman–Crippen LogP) is 0.443. The maximum Gasteiger partial charge on any atom is 0.253 e. The van der Waals surface area contributed by atoms with Gasteiger partial charge in [-0.3, -0.25) is 9.59 Å². The Bertz CT molecular complexity index is 431. The third-order valence-electron chi connectivity index (χ3n) is 2.44. The number of H-pyrrole nitrogens is 1. The van der Waals surface area contributed by atoms with E-state index in [0.717, 1.165) is 0 Å². The molecule has 6 heteroatoms. The molecule has 0 aliphatic heterocycles. The highest BCUT2D eigenvalue weighted by atomic mass is 35.5. The average molecular weight is 260 g/mol. The molecule has 5 nitrogen and oxygen atoms in total. The number of nitrogens with one attached hydrogen (secondary N) is 3. The van der Waals surface area contributed by atoms with Gasteiger partial charge in [0.1, 0.15) is 0 Å². The number of carbonyl (C=O) groups excluding carboxylic acids is 1. The SMILES string of the molecule is CNC(C)CNC(=O)c1c[nH]c(=O)cc1C.Cl. The summed E-state index contributed by atoms with van der Waals surface area (Å²) in [4.78, 5) is 25.2. The van der Waals surface area contributed by atoms with Crippen LogP contribution >= 0.6 is 12.4 Å². The summed E-state index contributed by atoms with van der Waals surface area (Å²) in [6.45, 7) is 4.26. The van der Waals surface area contributed by atoms with E-state index in [9.17, 15) is 9.59 Å². The molecular formula is C11H18ClN3O2. The van der Waals surface area contributed by atoms with E-state index in [1.54, 1.807) is 6.92 Å². The van der Waals surface area contributed by atoms with Crippen LogP contribution in [0.25, 0.3) is 0 Å². The molecule has 0 spiro atoms. The molecule has 0 aliphatic rings. The number of likely N-dealkylation sites (N-methyl/N-ethyl adjacent to an activating group) is 1. The molecule has 96 valence electrons. The minimum absolute atomic E-state index is 0. The van der Waals surface area contributed by atoms with E-state index < -0.39 is 0 Å². The van der Waals surface area contributed by atoms with Crippen LogP contribution < -0.4 is 16.2 Å². The first kappa shape index (κ1) is 15.7. The number of pyridine rings is 1. The van der Waals surface area contributed by atoms with Crippen LogP contribution in [0.5, 0.6) is 0 Å². The number of aryl methyl sites for hydroxylation is 1. The Morgan fingerprint density at radius 1 is 1.53 bits per heavy atom. The molecule has 0 aromatic carbocycles. The molecule has 1 rings (SSSR count). The van der Waals surface area contributed by atoms with Crippen molar-refractivity contribution in [2.75, 3.05) is 13.6 Å². The summed E-state index contributed by atoms with van der Waals surface area (Å²) in [5, 5.41) is 5.81. The molecule has 1 amide bonds. The molecule has 1 heterocycles. The standard InChI is InChI=1S/C11H17N3O2.ClH/c1-7-4-10(15)13-6-9(7)11(16)14-5-8(2)12-3;/h4,6,8,12H,5H2,1-3H3,(H,13,15)(H,14,16);1H. The van der Waals surface area contributed by atoms with Crippen molar-refractivity contribution in [2.45, 2.75) is 19.9 Å². The molecule has 1 aromatic rings. The molecular weight excluding hydrogens is 242 g/mol. The number of rotatable bonds is 4. The van der Waals surface area contributed by atoms with Crippen LogP contribution in [0.15, 0.2) is 17.1 Å². The molecule has 1 atom stereocenters. The van der Waals surface area contributed by atoms with Crippen molar-refractivity contribution in [1.29, 1.82) is 0 Å². The molecule has 0 bridgehead atoms. The van der Waals surface area contributed by atoms with E-state index in [0.29, 0.717) is 17.7 Å². The second kappa shape index (κ2) is 7.09. The zero-order chi connectivity index (χ0) is 12.1. The first-order chi connectivity index (χ1) is 7.54. The third-order valence-corrected chi connectivity index (χ3v) is 2.44. The summed E-state index contributed by atoms with van der Waals surface area (Å²) in [6, 6.07) is 1.63. The van der Waals surface area contributed by atoms with E-state index >= 15 is 0 Å². The van der Waals surface area contributed by atoms with Crippen molar-refractivity contribution in [3.05, 3.63) is 33.7 Å². The number of hydrogen-bond donors (Lipinski definition) is 3. The highest BCUT2D eigenvalue weighted by Gasteiger charge is 2.09. The normalized spacial score (nSPS) is 11.5. The molecule has 3 N–H and O–H groups in total. The lowest BCUT2D eigenvalue weighted by Crippen LogP contribution is -2.37. The van der Waals surface area contributed by atoms with Crippen LogP contribution in [0.1, 0.15) is 22.8 Å². The first-order valence-corrected chi connectivity index (χ1v) is 5.19. The van der Waals surface area contributed by atoms with Gasteiger partial charge in [-0.15, -0.1) is 12.4 Å². The molecule has 1 aromatic heterocycles. The van der Waals surface area contributed by atoms with Gasteiger partial charge in [0.2, 0.25) is 5.56 Å². The van der Waals surface area contributed by atoms with Crippen molar-refractivity contribution in [1.82, 2.24) is 15.6 Å². The Morgan fingerprint density at radius 2 is 2.18 bits per heavy atom. The van der Waals surface area contributed by atoms with Gasteiger partial charge in [-0.1, -0.05) is 0 Å². The fourth-order valence-corrected chi connectivity index (χ4v) is 1.26. The second-order valence-corrected chi connectivity index (χ2v) is 3.79. The molecule has 0 saturated carbocycles. The van der Waals surface area contributed by atoms with E-state index in [4.69, 9.17) is 0 Å². The van der Waals surface area contributed by atoms with Crippen molar-refractivity contribution in [3.8, 4) is 0 Å². The number of aromatic nitrogens is 1. The lowest BCUT2D eigenvalue weighted by molar-refractivity contribution is 0.0949. The van der Waals surface area contributed by atoms with Crippen molar-refractivity contribution in [2.24, 2.45) is 0 Å². The number of halogens is 1. The number of carbonyl (C=O) groups is 1. The lowest BCUT2D eigenvalue weighted by atomic mass is 10.1. The summed E-state index contributed by atoms with van der Waals surface area (Å²) in [5.74, 6) is -0.171. The fraction of sp³-hybridized carbons (Fsp3) is 0.455. The third kappa shape index (κ3) is 4.58. The zero-order valence-electron chi connectivity index (χ0n) is 10.2. The maximum atomic E-state index is 11.7. The Kier molecular flexibility index (Phi) is 6.53. The van der Waals surface area contributed by atoms with E-state index in [1.165, 1.54) is 12.3 Å². The van der Waals surface area contributed by atoms with Gasteiger partial charge in [-0.25, -0.2) is 0 Å². The van der Waals surface area contributed by atoms with Gasteiger partial charge >= 0.3 is 0 Å². The van der Waals surface area contributed by atoms with Crippen molar-refractivity contribution in [3.63, 3.8) is 0 Å². The predicted molar refractivity (Wildman–Crippen MR) is 69.9 cm³/mol. The summed E-state index contributed by atoms with van der Waals surface area (Å²) in [7, 11) is 1.84. The van der Waals surface area contributed by atoms with Gasteiger partial charge in [-0.05, 0) is 26.5 Å². The summed E-state index contributed by atoms with van der Waals surface area (Å²) >= 11 is 0. The van der Waals surface area contributed by atoms with Crippen LogP contribution in [0.3, 0.4) is 0 Å². The van der Waals surface area contributed by atoms with E-state index in [1.807, 2.05) is 14.0 Å². The van der Waals surface area contributed by atoms with Crippen LogP contribution in [-0.4, -0.2) is 30.5 Å². The number of hydrogen-bond acceptors (Lipinski definition) is 3. The van der Waals surface area contributed by atoms with Crippen LogP contribution in [-0.2, 0) is 0 Å². The molecule has 1 unspecified atom stereocenters. The molecule has 0 fully saturated rings. The minimum atomic E-state index is -0.197. The highest BCUT2D eigenvalue weighted by molar-refractivity contribution is 5.95. The van der Waals surface area contributed by atoms with Gasteiger partial charge in [0.25, 0.3) is 5.91 Å². The Labute approximate surface area is 106 Å². The van der Waals surface area contributed by atoms with Crippen molar-refractivity contribution >= 4 is 18.3 Å². The monoisotopic (exact) mass is 259 g/mol. The fourth-order valence-electron chi connectivity index (χ4n) is 1.26. The van der Waals surface area contributed by atoms with Crippen LogP contribution in [0.4, 0.5) is 0 Å². The van der Waals surface area contributed by atoms with Gasteiger partial charge < -0.3 is 15.6 Å². The van der Waals surface area contributed by atoms with Gasteiger partial charge in [0.05, 0.1) is 5.56 Å². The van der Waals surface area contributed by atoms with Crippen LogP contribution in [0.2, 0.25) is 0 Å². The largest absolute Gasteiger partial charge is 0.350 e. The van der Waals surface area contributed by atoms with Crippen LogP contribution in [0, 0.1) is 6.92 Å². The summed E-state index contributed by atoms with van der Waals surface area (Å²) in [5.41, 5.74) is 0.985. The van der Waals surface area contributed by atoms with Gasteiger partial charge in [-0.2, -0.15) is 0 Å².